The van der Waals surface area contributed by atoms with Crippen LogP contribution in [0.3, 0.4) is 0 Å². The van der Waals surface area contributed by atoms with Gasteiger partial charge in [-0.1, -0.05) is 6.58 Å². The minimum Gasteiger partial charge on any atom is -0.487 e. The van der Waals surface area contributed by atoms with Crippen LogP contribution in [0.2, 0.25) is 0 Å². The summed E-state index contributed by atoms with van der Waals surface area (Å²) in [6, 6.07) is 7.16. The van der Waals surface area contributed by atoms with E-state index in [2.05, 4.69) is 34.1 Å². The van der Waals surface area contributed by atoms with Gasteiger partial charge >= 0.3 is 0 Å². The summed E-state index contributed by atoms with van der Waals surface area (Å²) in [5, 5.41) is 8.78. The molecule has 37 heavy (non-hydrogen) atoms. The molecule has 196 valence electrons. The zero-order valence-electron chi connectivity index (χ0n) is 21.2. The fourth-order valence-electron chi connectivity index (χ4n) is 5.17. The molecule has 0 amide bonds. The van der Waals surface area contributed by atoms with Crippen LogP contribution in [0.4, 0.5) is 21.8 Å². The van der Waals surface area contributed by atoms with E-state index >= 15 is 0 Å². The first-order chi connectivity index (χ1) is 18.0. The number of rotatable bonds is 9. The van der Waals surface area contributed by atoms with E-state index < -0.39 is 5.82 Å². The van der Waals surface area contributed by atoms with Crippen molar-refractivity contribution in [2.45, 2.75) is 57.1 Å². The van der Waals surface area contributed by atoms with Crippen LogP contribution < -0.4 is 15.4 Å². The number of piperidine rings is 1. The second-order valence-corrected chi connectivity index (χ2v) is 11.1. The Morgan fingerprint density at radius 1 is 1.19 bits per heavy atom. The summed E-state index contributed by atoms with van der Waals surface area (Å²) < 4.78 is 21.8. The van der Waals surface area contributed by atoms with Crippen molar-refractivity contribution in [1.29, 1.82) is 0 Å². The summed E-state index contributed by atoms with van der Waals surface area (Å²) in [6.07, 6.45) is 7.83. The number of thiophene rings is 1. The molecule has 0 unspecified atom stereocenters. The zero-order valence-corrected chi connectivity index (χ0v) is 22.0. The van der Waals surface area contributed by atoms with Crippen molar-refractivity contribution in [3.63, 3.8) is 0 Å². The summed E-state index contributed by atoms with van der Waals surface area (Å²) >= 11 is 1.60. The van der Waals surface area contributed by atoms with Crippen LogP contribution in [-0.2, 0) is 4.79 Å². The van der Waals surface area contributed by atoms with Crippen LogP contribution in [0.5, 0.6) is 5.75 Å². The van der Waals surface area contributed by atoms with Gasteiger partial charge in [-0.25, -0.2) is 9.37 Å². The van der Waals surface area contributed by atoms with Gasteiger partial charge in [-0.3, -0.25) is 4.79 Å². The number of fused-ring (bicyclic) bond motifs is 1. The lowest BCUT2D eigenvalue weighted by Gasteiger charge is -2.29. The molecular formula is C28H34FN5O2S. The molecule has 2 fully saturated rings. The van der Waals surface area contributed by atoms with Crippen LogP contribution in [0.25, 0.3) is 10.2 Å². The highest BCUT2D eigenvalue weighted by atomic mass is 32.1. The molecule has 0 radical (unpaired) electrons. The molecule has 0 bridgehead atoms. The molecule has 0 atom stereocenters. The van der Waals surface area contributed by atoms with Gasteiger partial charge in [0.15, 0.2) is 17.3 Å². The molecule has 2 aromatic heterocycles. The van der Waals surface area contributed by atoms with Gasteiger partial charge in [-0.2, -0.15) is 4.98 Å². The molecule has 7 nitrogen and oxygen atoms in total. The van der Waals surface area contributed by atoms with Gasteiger partial charge in [0.25, 0.3) is 0 Å². The third kappa shape index (κ3) is 6.45. The summed E-state index contributed by atoms with van der Waals surface area (Å²) in [5.41, 5.74) is 1.42. The number of carbonyl (C=O) groups is 1. The molecule has 1 aliphatic heterocycles. The summed E-state index contributed by atoms with van der Waals surface area (Å²) in [5.74, 6) is 1.64. The first kappa shape index (κ1) is 25.6. The number of hydrogen-bond acceptors (Lipinski definition) is 8. The number of allylic oxidation sites excluding steroid dienone is 1. The molecule has 0 spiro atoms. The van der Waals surface area contributed by atoms with Gasteiger partial charge < -0.3 is 20.3 Å². The van der Waals surface area contributed by atoms with Crippen LogP contribution >= 0.6 is 11.3 Å². The van der Waals surface area contributed by atoms with Crippen LogP contribution in [0.1, 0.15) is 44.9 Å². The molecule has 1 saturated carbocycles. The number of anilines is 3. The number of hydrogen-bond donors (Lipinski definition) is 2. The number of halogens is 1. The van der Waals surface area contributed by atoms with Crippen molar-refractivity contribution in [2.75, 3.05) is 30.8 Å². The van der Waals surface area contributed by atoms with E-state index in [9.17, 15) is 9.18 Å². The smallest absolute Gasteiger partial charge is 0.229 e. The quantitative estimate of drug-likeness (QED) is 0.325. The van der Waals surface area contributed by atoms with E-state index in [0.29, 0.717) is 24.0 Å². The number of ketones is 1. The Morgan fingerprint density at radius 2 is 1.97 bits per heavy atom. The highest BCUT2D eigenvalue weighted by Crippen LogP contribution is 2.33. The minimum absolute atomic E-state index is 0.0417. The number of ether oxygens (including phenoxy) is 1. The lowest BCUT2D eigenvalue weighted by molar-refractivity contribution is -0.115. The van der Waals surface area contributed by atoms with E-state index in [0.717, 1.165) is 67.6 Å². The largest absolute Gasteiger partial charge is 0.487 e. The number of likely N-dealkylation sites (tertiary alicyclic amines) is 1. The summed E-state index contributed by atoms with van der Waals surface area (Å²) in [6.45, 7) is 5.50. The average molecular weight is 524 g/mol. The second kappa shape index (κ2) is 11.6. The Kier molecular flexibility index (Phi) is 8.00. The van der Waals surface area contributed by atoms with E-state index in [1.165, 1.54) is 12.1 Å². The number of aromatic nitrogens is 2. The molecule has 3 aromatic rings. The molecular weight excluding hydrogens is 489 g/mol. The monoisotopic (exact) mass is 523 g/mol. The maximum atomic E-state index is 14.9. The van der Waals surface area contributed by atoms with Crippen molar-refractivity contribution >= 4 is 44.8 Å². The predicted molar refractivity (Wildman–Crippen MR) is 147 cm³/mol. The van der Waals surface area contributed by atoms with E-state index in [-0.39, 0.29) is 23.7 Å². The molecule has 3 heterocycles. The Labute approximate surface area is 221 Å². The summed E-state index contributed by atoms with van der Waals surface area (Å²) in [4.78, 5) is 23.3. The first-order valence-electron chi connectivity index (χ1n) is 13.1. The van der Waals surface area contributed by atoms with Crippen molar-refractivity contribution in [1.82, 2.24) is 14.9 Å². The van der Waals surface area contributed by atoms with Crippen molar-refractivity contribution in [3.8, 4) is 5.75 Å². The average Bonchev–Trinajstić information content (AvgIpc) is 3.37. The molecule has 1 aliphatic carbocycles. The normalized spacial score (nSPS) is 21.0. The van der Waals surface area contributed by atoms with Crippen LogP contribution in [0, 0.1) is 11.7 Å². The molecule has 1 saturated heterocycles. The van der Waals surface area contributed by atoms with E-state index in [1.807, 2.05) is 11.4 Å². The molecule has 2 N–H and O–H groups in total. The maximum absolute atomic E-state index is 14.9. The number of nitrogens with zero attached hydrogens (tertiary/aromatic N) is 3. The Morgan fingerprint density at radius 3 is 2.70 bits per heavy atom. The van der Waals surface area contributed by atoms with Crippen LogP contribution in [-0.4, -0.2) is 52.9 Å². The third-order valence-corrected chi connectivity index (χ3v) is 8.27. The highest BCUT2D eigenvalue weighted by molar-refractivity contribution is 7.17. The topological polar surface area (TPSA) is 79.4 Å². The van der Waals surface area contributed by atoms with Gasteiger partial charge in [0.1, 0.15) is 11.9 Å². The first-order valence-corrected chi connectivity index (χ1v) is 13.9. The van der Waals surface area contributed by atoms with Gasteiger partial charge in [-0.15, -0.1) is 11.3 Å². The van der Waals surface area contributed by atoms with Crippen molar-refractivity contribution < 1.29 is 13.9 Å². The number of nitrogens with one attached hydrogen (secondary N) is 2. The maximum Gasteiger partial charge on any atom is 0.229 e. The molecule has 1 aromatic carbocycles. The minimum atomic E-state index is -0.398. The SMILES string of the molecule is C=CC(=O)CC1CCC(Nc2nc(Nc3ccc(OC4CCN(C)CC4)c(F)c3)nc3ccsc23)CC1. The van der Waals surface area contributed by atoms with Gasteiger partial charge in [-0.05, 0) is 81.1 Å². The molecule has 9 heteroatoms. The fourth-order valence-corrected chi connectivity index (χ4v) is 5.96. The fraction of sp³-hybridized carbons (Fsp3) is 0.464. The predicted octanol–water partition coefficient (Wildman–Crippen LogP) is 6.16. The lowest BCUT2D eigenvalue weighted by atomic mass is 9.83. The molecule has 5 rings (SSSR count). The van der Waals surface area contributed by atoms with Gasteiger partial charge in [0.05, 0.1) is 10.2 Å². The summed E-state index contributed by atoms with van der Waals surface area (Å²) in [7, 11) is 2.09. The number of carbonyl (C=O) groups excluding carboxylic acids is 1. The van der Waals surface area contributed by atoms with Crippen LogP contribution in [0.15, 0.2) is 42.3 Å². The lowest BCUT2D eigenvalue weighted by Crippen LogP contribution is -2.35. The van der Waals surface area contributed by atoms with Gasteiger partial charge in [0.2, 0.25) is 5.95 Å². The Hall–Kier alpha value is -3.04. The Balaban J connectivity index is 1.25. The standard InChI is InChI=1S/C28H34FN5O2S/c1-3-21(35)16-18-4-6-19(7-5-18)30-27-26-24(12-15-37-26)32-28(33-27)31-20-8-9-25(23(29)17-20)36-22-10-13-34(2)14-11-22/h3,8-9,12,15,17-19,22H,1,4-7,10-11,13-14,16H2,2H3,(H2,30,31,32,33). The second-order valence-electron chi connectivity index (χ2n) is 10.2. The third-order valence-electron chi connectivity index (χ3n) is 7.36. The Bertz CT molecular complexity index is 1250. The number of benzene rings is 1. The van der Waals surface area contributed by atoms with Crippen molar-refractivity contribution in [2.24, 2.45) is 5.92 Å². The van der Waals surface area contributed by atoms with E-state index in [4.69, 9.17) is 9.72 Å². The highest BCUT2D eigenvalue weighted by Gasteiger charge is 2.24. The zero-order chi connectivity index (χ0) is 25.8. The van der Waals surface area contributed by atoms with Gasteiger partial charge in [0, 0.05) is 37.3 Å². The molecule has 2 aliphatic rings. The van der Waals surface area contributed by atoms with Crippen molar-refractivity contribution in [3.05, 3.63) is 48.1 Å². The van der Waals surface area contributed by atoms with E-state index in [1.54, 1.807) is 23.5 Å².